The van der Waals surface area contributed by atoms with Crippen LogP contribution in [0.5, 0.6) is 0 Å². The van der Waals surface area contributed by atoms with E-state index in [0.29, 0.717) is 6.54 Å². The Bertz CT molecular complexity index is 232. The predicted molar refractivity (Wildman–Crippen MR) is 41.8 cm³/mol. The van der Waals surface area contributed by atoms with Crippen molar-refractivity contribution in [3.8, 4) is 0 Å². The van der Waals surface area contributed by atoms with Gasteiger partial charge in [0, 0.05) is 24.8 Å². The van der Waals surface area contributed by atoms with Crippen LogP contribution in [0.15, 0.2) is 6.20 Å². The van der Waals surface area contributed by atoms with E-state index in [9.17, 15) is 0 Å². The third-order valence-corrected chi connectivity index (χ3v) is 1.74. The molecule has 1 aromatic heterocycles. The van der Waals surface area contributed by atoms with Crippen LogP contribution < -0.4 is 5.48 Å². The Morgan fingerprint density at radius 2 is 2.45 bits per heavy atom. The second kappa shape index (κ2) is 3.50. The van der Waals surface area contributed by atoms with Gasteiger partial charge in [-0.15, -0.1) is 0 Å². The Hall–Kier alpha value is -0.870. The third kappa shape index (κ3) is 1.78. The van der Waals surface area contributed by atoms with Gasteiger partial charge in [-0.2, -0.15) is 10.6 Å². The van der Waals surface area contributed by atoms with Crippen LogP contribution in [0.1, 0.15) is 11.3 Å². The zero-order chi connectivity index (χ0) is 8.27. The number of aromatic nitrogens is 2. The highest BCUT2D eigenvalue weighted by Gasteiger charge is 2.01. The lowest BCUT2D eigenvalue weighted by Crippen LogP contribution is -2.11. The van der Waals surface area contributed by atoms with Gasteiger partial charge in [-0.25, -0.2) is 0 Å². The van der Waals surface area contributed by atoms with Crippen molar-refractivity contribution in [1.29, 1.82) is 0 Å². The Morgan fingerprint density at radius 3 is 2.91 bits per heavy atom. The molecule has 0 aliphatic rings. The lowest BCUT2D eigenvalue weighted by atomic mass is 10.3. The maximum Gasteiger partial charge on any atom is 0.0572 e. The van der Waals surface area contributed by atoms with E-state index in [1.807, 2.05) is 24.9 Å². The molecule has 0 fully saturated rings. The van der Waals surface area contributed by atoms with Crippen molar-refractivity contribution < 1.29 is 4.84 Å². The maximum atomic E-state index is 4.72. The highest BCUT2D eigenvalue weighted by Crippen LogP contribution is 2.03. The molecule has 0 aromatic carbocycles. The molecule has 0 unspecified atom stereocenters. The van der Waals surface area contributed by atoms with E-state index in [0.717, 1.165) is 11.3 Å². The van der Waals surface area contributed by atoms with Gasteiger partial charge in [-0.1, -0.05) is 0 Å². The minimum absolute atomic E-state index is 0.705. The Labute approximate surface area is 66.1 Å². The maximum absolute atomic E-state index is 4.72. The zero-order valence-electron chi connectivity index (χ0n) is 7.09. The second-order valence-corrected chi connectivity index (χ2v) is 2.40. The molecule has 4 heteroatoms. The van der Waals surface area contributed by atoms with Crippen LogP contribution in [-0.2, 0) is 18.4 Å². The zero-order valence-corrected chi connectivity index (χ0v) is 7.09. The molecule has 1 heterocycles. The SMILES string of the molecule is CONCc1cnn(C)c1C. The van der Waals surface area contributed by atoms with Crippen LogP contribution in [0.3, 0.4) is 0 Å². The number of nitrogens with one attached hydrogen (secondary N) is 1. The number of nitrogens with zero attached hydrogens (tertiary/aromatic N) is 2. The van der Waals surface area contributed by atoms with Gasteiger partial charge in [0.15, 0.2) is 0 Å². The number of aryl methyl sites for hydroxylation is 1. The number of rotatable bonds is 3. The summed E-state index contributed by atoms with van der Waals surface area (Å²) in [5, 5.41) is 4.09. The van der Waals surface area contributed by atoms with Crippen LogP contribution in [0.2, 0.25) is 0 Å². The highest BCUT2D eigenvalue weighted by molar-refractivity contribution is 5.14. The molecular formula is C7H13N3O. The fourth-order valence-electron chi connectivity index (χ4n) is 0.868. The van der Waals surface area contributed by atoms with Crippen molar-refractivity contribution in [1.82, 2.24) is 15.3 Å². The molecule has 0 saturated heterocycles. The molecular weight excluding hydrogens is 142 g/mol. The lowest BCUT2D eigenvalue weighted by molar-refractivity contribution is 0.0865. The summed E-state index contributed by atoms with van der Waals surface area (Å²) >= 11 is 0. The lowest BCUT2D eigenvalue weighted by Gasteiger charge is -2.00. The average Bonchev–Trinajstić information content (AvgIpc) is 2.31. The summed E-state index contributed by atoms with van der Waals surface area (Å²) in [5.41, 5.74) is 5.09. The van der Waals surface area contributed by atoms with Gasteiger partial charge in [-0.3, -0.25) is 4.68 Å². The fraction of sp³-hybridized carbons (Fsp3) is 0.571. The van der Waals surface area contributed by atoms with E-state index in [1.165, 1.54) is 0 Å². The molecule has 0 amide bonds. The Balaban J connectivity index is 2.63. The van der Waals surface area contributed by atoms with Crippen molar-refractivity contribution in [2.45, 2.75) is 13.5 Å². The first-order chi connectivity index (χ1) is 5.25. The van der Waals surface area contributed by atoms with Crippen molar-refractivity contribution in [2.24, 2.45) is 7.05 Å². The molecule has 0 atom stereocenters. The highest BCUT2D eigenvalue weighted by atomic mass is 16.6. The summed E-state index contributed by atoms with van der Waals surface area (Å²) in [7, 11) is 3.53. The standard InChI is InChI=1S/C7H13N3O/c1-6-7(5-9-11-3)4-8-10(6)2/h4,9H,5H2,1-3H3. The normalized spacial score (nSPS) is 10.5. The van der Waals surface area contributed by atoms with Gasteiger partial charge in [0.25, 0.3) is 0 Å². The Kier molecular flexibility index (Phi) is 2.62. The Morgan fingerprint density at radius 1 is 1.73 bits per heavy atom. The van der Waals surface area contributed by atoms with Gasteiger partial charge in [-0.05, 0) is 6.92 Å². The molecule has 1 N–H and O–H groups in total. The van der Waals surface area contributed by atoms with Gasteiger partial charge < -0.3 is 4.84 Å². The van der Waals surface area contributed by atoms with Crippen molar-refractivity contribution >= 4 is 0 Å². The molecule has 0 aliphatic carbocycles. The third-order valence-electron chi connectivity index (χ3n) is 1.74. The molecule has 0 spiro atoms. The predicted octanol–water partition coefficient (Wildman–Crippen LogP) is 0.380. The summed E-state index contributed by atoms with van der Waals surface area (Å²) in [6.45, 7) is 2.73. The van der Waals surface area contributed by atoms with E-state index in [1.54, 1.807) is 7.11 Å². The van der Waals surface area contributed by atoms with Crippen molar-refractivity contribution in [2.75, 3.05) is 7.11 Å². The van der Waals surface area contributed by atoms with E-state index >= 15 is 0 Å². The van der Waals surface area contributed by atoms with Gasteiger partial charge >= 0.3 is 0 Å². The number of hydroxylamine groups is 1. The van der Waals surface area contributed by atoms with Crippen LogP contribution in [0.25, 0.3) is 0 Å². The molecule has 62 valence electrons. The smallest absolute Gasteiger partial charge is 0.0572 e. The van der Waals surface area contributed by atoms with Gasteiger partial charge in [0.05, 0.1) is 13.3 Å². The molecule has 0 saturated carbocycles. The first-order valence-electron chi connectivity index (χ1n) is 3.49. The summed E-state index contributed by atoms with van der Waals surface area (Å²) < 4.78 is 1.84. The first-order valence-corrected chi connectivity index (χ1v) is 3.49. The molecule has 0 radical (unpaired) electrons. The topological polar surface area (TPSA) is 39.1 Å². The largest absolute Gasteiger partial charge is 0.305 e. The summed E-state index contributed by atoms with van der Waals surface area (Å²) in [4.78, 5) is 4.72. The van der Waals surface area contributed by atoms with E-state index in [-0.39, 0.29) is 0 Å². The van der Waals surface area contributed by atoms with Crippen LogP contribution >= 0.6 is 0 Å². The quantitative estimate of drug-likeness (QED) is 0.641. The minimum atomic E-state index is 0.705. The average molecular weight is 155 g/mol. The molecule has 0 bridgehead atoms. The molecule has 0 aliphatic heterocycles. The number of hydrogen-bond donors (Lipinski definition) is 1. The van der Waals surface area contributed by atoms with Crippen LogP contribution in [0.4, 0.5) is 0 Å². The summed E-state index contributed by atoms with van der Waals surface area (Å²) in [5.74, 6) is 0. The molecule has 11 heavy (non-hydrogen) atoms. The monoisotopic (exact) mass is 155 g/mol. The fourth-order valence-corrected chi connectivity index (χ4v) is 0.868. The molecule has 1 rings (SSSR count). The van der Waals surface area contributed by atoms with Crippen LogP contribution in [-0.4, -0.2) is 16.9 Å². The second-order valence-electron chi connectivity index (χ2n) is 2.40. The summed E-state index contributed by atoms with van der Waals surface area (Å²) in [6.07, 6.45) is 1.83. The van der Waals surface area contributed by atoms with Crippen molar-refractivity contribution in [3.63, 3.8) is 0 Å². The van der Waals surface area contributed by atoms with E-state index in [2.05, 4.69) is 10.6 Å². The molecule has 1 aromatic rings. The van der Waals surface area contributed by atoms with Gasteiger partial charge in [0.2, 0.25) is 0 Å². The van der Waals surface area contributed by atoms with Gasteiger partial charge in [0.1, 0.15) is 0 Å². The van der Waals surface area contributed by atoms with Crippen LogP contribution in [0, 0.1) is 6.92 Å². The van der Waals surface area contributed by atoms with E-state index < -0.39 is 0 Å². The molecule has 4 nitrogen and oxygen atoms in total. The van der Waals surface area contributed by atoms with Crippen molar-refractivity contribution in [3.05, 3.63) is 17.5 Å². The summed E-state index contributed by atoms with van der Waals surface area (Å²) in [6, 6.07) is 0. The number of hydrogen-bond acceptors (Lipinski definition) is 3. The van der Waals surface area contributed by atoms with E-state index in [4.69, 9.17) is 4.84 Å². The minimum Gasteiger partial charge on any atom is -0.305 e. The first kappa shape index (κ1) is 8.23.